The van der Waals surface area contributed by atoms with Crippen LogP contribution in [0.25, 0.3) is 109 Å². The first-order valence-corrected chi connectivity index (χ1v) is 22.0. The van der Waals surface area contributed by atoms with Gasteiger partial charge < -0.3 is 8.80 Å². The molecule has 0 fully saturated rings. The fourth-order valence-electron chi connectivity index (χ4n) is 11.0. The third-order valence-corrected chi connectivity index (χ3v) is 14.3. The van der Waals surface area contributed by atoms with Gasteiger partial charge in [0.1, 0.15) is 0 Å². The van der Waals surface area contributed by atoms with Gasteiger partial charge in [-0.15, -0.1) is 0 Å². The van der Waals surface area contributed by atoms with E-state index in [-0.39, 0.29) is 21.7 Å². The zero-order chi connectivity index (χ0) is 41.7. The maximum atomic E-state index is 2.67. The Balaban J connectivity index is 1.43. The Morgan fingerprint density at radius 1 is 0.267 bits per heavy atom. The zero-order valence-electron chi connectivity index (χ0n) is 37.3. The summed E-state index contributed by atoms with van der Waals surface area (Å²) in [6.45, 7) is 28.2. The number of rotatable bonds is 0. The second-order valence-electron chi connectivity index (χ2n) is 22.3. The SMILES string of the molecule is CC(C)(C)c1ccc2c(c1)c1cc(C(C)(C)C)cc3c4c5ccccc5c5c(c6ccccc6c6c7cc(C(C)(C)C)cc8c9cc(C(C)(C)C)ccc9n(c87)c65)c4n2c13. The van der Waals surface area contributed by atoms with E-state index in [4.69, 9.17) is 0 Å². The van der Waals surface area contributed by atoms with Crippen molar-refractivity contribution in [1.82, 2.24) is 8.80 Å². The molecule has 0 aliphatic carbocycles. The lowest BCUT2D eigenvalue weighted by molar-refractivity contribution is 0.590. The van der Waals surface area contributed by atoms with E-state index in [0.29, 0.717) is 0 Å². The van der Waals surface area contributed by atoms with Gasteiger partial charge in [0, 0.05) is 53.9 Å². The first-order chi connectivity index (χ1) is 28.3. The van der Waals surface area contributed by atoms with Crippen LogP contribution in [0.4, 0.5) is 0 Å². The summed E-state index contributed by atoms with van der Waals surface area (Å²) < 4.78 is 5.33. The van der Waals surface area contributed by atoms with Gasteiger partial charge in [0.15, 0.2) is 0 Å². The van der Waals surface area contributed by atoms with Crippen molar-refractivity contribution in [3.8, 4) is 0 Å². The van der Waals surface area contributed by atoms with E-state index in [1.165, 1.54) is 131 Å². The molecule has 8 aromatic carbocycles. The van der Waals surface area contributed by atoms with Gasteiger partial charge in [-0.25, -0.2) is 0 Å². The van der Waals surface area contributed by atoms with E-state index in [2.05, 4.69) is 201 Å². The minimum atomic E-state index is -0.0188. The van der Waals surface area contributed by atoms with Crippen LogP contribution in [0.15, 0.2) is 109 Å². The third-order valence-electron chi connectivity index (χ3n) is 14.3. The number of aromatic nitrogens is 2. The summed E-state index contributed by atoms with van der Waals surface area (Å²) in [5.74, 6) is 0. The fraction of sp³-hybridized carbons (Fsp3) is 0.276. The van der Waals surface area contributed by atoms with Crippen LogP contribution in [0.1, 0.15) is 105 Å². The van der Waals surface area contributed by atoms with Crippen molar-refractivity contribution in [3.63, 3.8) is 0 Å². The molecule has 0 aliphatic rings. The average Bonchev–Trinajstić information content (AvgIpc) is 3.92. The van der Waals surface area contributed by atoms with Crippen molar-refractivity contribution in [2.75, 3.05) is 0 Å². The quantitative estimate of drug-likeness (QED) is 0.136. The van der Waals surface area contributed by atoms with Crippen molar-refractivity contribution in [2.24, 2.45) is 0 Å². The minimum Gasteiger partial charge on any atom is -0.307 e. The van der Waals surface area contributed by atoms with E-state index in [1.807, 2.05) is 0 Å². The van der Waals surface area contributed by atoms with Gasteiger partial charge in [-0.2, -0.15) is 0 Å². The molecule has 0 atom stereocenters. The van der Waals surface area contributed by atoms with Gasteiger partial charge in [0.25, 0.3) is 0 Å². The number of hydrogen-bond acceptors (Lipinski definition) is 0. The lowest BCUT2D eigenvalue weighted by Gasteiger charge is -2.21. The second-order valence-corrected chi connectivity index (χ2v) is 22.3. The monoisotopic (exact) mass is 778 g/mol. The maximum absolute atomic E-state index is 2.67. The molecule has 0 saturated carbocycles. The van der Waals surface area contributed by atoms with Crippen LogP contribution in [-0.4, -0.2) is 8.80 Å². The molecule has 0 spiro atoms. The van der Waals surface area contributed by atoms with E-state index in [9.17, 15) is 0 Å². The standard InChI is InChI=1S/C58H54N2/c1-55(2,3)31-21-23-45-39(25-31)41-27-33(57(7,8)9)29-43-47-35-17-13-16-20-38(35)50-49(53(47)59(45)51(41)43)37-19-15-14-18-36(37)48-44-30-34(58(10,11)12)28-42-40-26-32(56(4,5)6)22-24-46(40)60(52(42)44)54(48)50/h13-30H,1-12H3. The summed E-state index contributed by atoms with van der Waals surface area (Å²) in [6, 6.07) is 43.3. The van der Waals surface area contributed by atoms with Crippen molar-refractivity contribution < 1.29 is 0 Å². The summed E-state index contributed by atoms with van der Waals surface area (Å²) in [7, 11) is 0. The first-order valence-electron chi connectivity index (χ1n) is 22.0. The molecule has 0 aliphatic heterocycles. The number of hydrogen-bond donors (Lipinski definition) is 0. The number of fused-ring (bicyclic) bond motifs is 21. The lowest BCUT2D eigenvalue weighted by atomic mass is 9.83. The van der Waals surface area contributed by atoms with E-state index < -0.39 is 0 Å². The molecule has 0 saturated heterocycles. The molecule has 12 aromatic rings. The molecule has 2 nitrogen and oxygen atoms in total. The van der Waals surface area contributed by atoms with Gasteiger partial charge in [0.2, 0.25) is 0 Å². The highest BCUT2D eigenvalue weighted by Crippen LogP contribution is 2.53. The zero-order valence-corrected chi connectivity index (χ0v) is 37.3. The van der Waals surface area contributed by atoms with Crippen LogP contribution < -0.4 is 0 Å². The van der Waals surface area contributed by atoms with Crippen LogP contribution >= 0.6 is 0 Å². The molecule has 12 rings (SSSR count). The molecule has 296 valence electrons. The molecular weight excluding hydrogens is 725 g/mol. The summed E-state index contributed by atoms with van der Waals surface area (Å²) in [5.41, 5.74) is 13.4. The Labute approximate surface area is 352 Å². The van der Waals surface area contributed by atoms with Crippen molar-refractivity contribution in [1.29, 1.82) is 0 Å². The molecule has 60 heavy (non-hydrogen) atoms. The van der Waals surface area contributed by atoms with E-state index >= 15 is 0 Å². The van der Waals surface area contributed by atoms with Gasteiger partial charge in [-0.1, -0.05) is 144 Å². The minimum absolute atomic E-state index is 0.0188. The predicted octanol–water partition coefficient (Wildman–Crippen LogP) is 16.6. The van der Waals surface area contributed by atoms with Crippen LogP contribution in [0.3, 0.4) is 0 Å². The van der Waals surface area contributed by atoms with Crippen molar-refractivity contribution >= 4 is 109 Å². The summed E-state index contributed by atoms with van der Waals surface area (Å²) in [4.78, 5) is 0. The average molecular weight is 779 g/mol. The van der Waals surface area contributed by atoms with Gasteiger partial charge >= 0.3 is 0 Å². The van der Waals surface area contributed by atoms with Gasteiger partial charge in [0.05, 0.1) is 33.1 Å². The molecule has 4 aromatic heterocycles. The summed E-state index contributed by atoms with van der Waals surface area (Å²) in [5, 5.41) is 18.8. The number of benzene rings is 8. The molecule has 0 N–H and O–H groups in total. The molecule has 0 unspecified atom stereocenters. The van der Waals surface area contributed by atoms with E-state index in [0.717, 1.165) is 0 Å². The van der Waals surface area contributed by atoms with Crippen molar-refractivity contribution in [3.05, 3.63) is 131 Å². The number of nitrogens with zero attached hydrogens (tertiary/aromatic N) is 2. The highest BCUT2D eigenvalue weighted by Gasteiger charge is 2.31. The Morgan fingerprint density at radius 3 is 0.900 bits per heavy atom. The Morgan fingerprint density at radius 2 is 0.567 bits per heavy atom. The normalized spacial score (nSPS) is 14.0. The third kappa shape index (κ3) is 4.50. The summed E-state index contributed by atoms with van der Waals surface area (Å²) >= 11 is 0. The Hall–Kier alpha value is -5.86. The topological polar surface area (TPSA) is 8.82 Å². The smallest absolute Gasteiger partial charge is 0.0633 e. The highest BCUT2D eigenvalue weighted by molar-refractivity contribution is 6.46. The van der Waals surface area contributed by atoms with Crippen LogP contribution in [0.2, 0.25) is 0 Å². The second kappa shape index (κ2) is 11.1. The van der Waals surface area contributed by atoms with Crippen molar-refractivity contribution in [2.45, 2.75) is 105 Å². The molecule has 0 radical (unpaired) electrons. The highest BCUT2D eigenvalue weighted by atomic mass is 14.9. The molecule has 0 amide bonds. The Bertz CT molecular complexity index is 3580. The van der Waals surface area contributed by atoms with Crippen LogP contribution in [-0.2, 0) is 21.7 Å². The molecule has 0 bridgehead atoms. The lowest BCUT2D eigenvalue weighted by Crippen LogP contribution is -2.11. The van der Waals surface area contributed by atoms with E-state index in [1.54, 1.807) is 0 Å². The fourth-order valence-corrected chi connectivity index (χ4v) is 11.0. The largest absolute Gasteiger partial charge is 0.307 e. The van der Waals surface area contributed by atoms with Gasteiger partial charge in [-0.05, 0) is 114 Å². The Kier molecular flexibility index (Phi) is 6.66. The maximum Gasteiger partial charge on any atom is 0.0633 e. The van der Waals surface area contributed by atoms with Crippen LogP contribution in [0, 0.1) is 0 Å². The molecule has 2 heteroatoms. The summed E-state index contributed by atoms with van der Waals surface area (Å²) in [6.07, 6.45) is 0. The first kappa shape index (κ1) is 36.0. The predicted molar refractivity (Wildman–Crippen MR) is 263 cm³/mol. The van der Waals surface area contributed by atoms with Gasteiger partial charge in [-0.3, -0.25) is 0 Å². The molecular formula is C58H54N2. The molecule has 4 heterocycles. The van der Waals surface area contributed by atoms with Crippen LogP contribution in [0.5, 0.6) is 0 Å².